The second kappa shape index (κ2) is 8.47. The lowest BCUT2D eigenvalue weighted by molar-refractivity contribution is -0.162. The molecule has 0 amide bonds. The first-order valence-corrected chi connectivity index (χ1v) is 9.20. The molecule has 0 aromatic heterocycles. The molecule has 0 saturated heterocycles. The van der Waals surface area contributed by atoms with Gasteiger partial charge in [-0.1, -0.05) is 37.6 Å². The zero-order chi connectivity index (χ0) is 19.3. The summed E-state index contributed by atoms with van der Waals surface area (Å²) in [6.45, 7) is 5.83. The Labute approximate surface area is 155 Å². The minimum atomic E-state index is -1.14. The van der Waals surface area contributed by atoms with Crippen molar-refractivity contribution in [3.8, 4) is 0 Å². The van der Waals surface area contributed by atoms with E-state index in [2.05, 4.69) is 13.8 Å². The highest BCUT2D eigenvalue weighted by atomic mass is 16.6. The summed E-state index contributed by atoms with van der Waals surface area (Å²) in [5.74, 6) is -0.715. The van der Waals surface area contributed by atoms with Gasteiger partial charge in [0, 0.05) is 17.6 Å². The standard InChI is InChI=1S/C21H28O5/c1-14(2)15-7-9-16-6-5-13-21(3,26-20(16)24)18(22)12-11-17(10-8-15)19(23)25-4/h6,8,10,14H,5,7,9,11-13H2,1-4H3/b15-8+,17-10+/t21-/m0/s1. The molecule has 0 N–H and O–H groups in total. The summed E-state index contributed by atoms with van der Waals surface area (Å²) >= 11 is 0. The summed E-state index contributed by atoms with van der Waals surface area (Å²) < 4.78 is 10.4. The largest absolute Gasteiger partial charge is 0.466 e. The van der Waals surface area contributed by atoms with Crippen molar-refractivity contribution in [3.05, 3.63) is 34.9 Å². The van der Waals surface area contributed by atoms with Crippen molar-refractivity contribution in [2.24, 2.45) is 5.92 Å². The Bertz CT molecular complexity index is 681. The van der Waals surface area contributed by atoms with Crippen LogP contribution in [0.4, 0.5) is 0 Å². The number of allylic oxidation sites excluding steroid dienone is 4. The Morgan fingerprint density at radius 1 is 1.15 bits per heavy atom. The Balaban J connectivity index is 2.42. The number of ether oxygens (including phenoxy) is 2. The second-order valence-electron chi connectivity index (χ2n) is 7.39. The molecule has 1 atom stereocenters. The molecule has 0 unspecified atom stereocenters. The topological polar surface area (TPSA) is 69.7 Å². The SMILES string of the molecule is COC(=O)/C1=C/C=C(/C(C)C)CCC2=CCC[C@](C)(OC2=O)C(=O)CC1. The Kier molecular flexibility index (Phi) is 6.57. The number of Topliss-reactive ketones (excluding diaryl/α,β-unsaturated/α-hetero) is 1. The Morgan fingerprint density at radius 3 is 2.54 bits per heavy atom. The van der Waals surface area contributed by atoms with E-state index >= 15 is 0 Å². The highest BCUT2D eigenvalue weighted by molar-refractivity contribution is 5.96. The average molecular weight is 360 g/mol. The molecule has 0 aromatic rings. The van der Waals surface area contributed by atoms with E-state index in [1.165, 1.54) is 7.11 Å². The molecule has 5 heteroatoms. The van der Waals surface area contributed by atoms with Gasteiger partial charge in [0.05, 0.1) is 7.11 Å². The third-order valence-corrected chi connectivity index (χ3v) is 5.17. The summed E-state index contributed by atoms with van der Waals surface area (Å²) in [5, 5.41) is 0. The zero-order valence-electron chi connectivity index (χ0n) is 16.1. The van der Waals surface area contributed by atoms with Crippen molar-refractivity contribution in [3.63, 3.8) is 0 Å². The van der Waals surface area contributed by atoms with Crippen LogP contribution in [0.3, 0.4) is 0 Å². The zero-order valence-corrected chi connectivity index (χ0v) is 16.1. The van der Waals surface area contributed by atoms with E-state index in [4.69, 9.17) is 9.47 Å². The molecule has 0 radical (unpaired) electrons. The van der Waals surface area contributed by atoms with Gasteiger partial charge >= 0.3 is 11.9 Å². The molecule has 5 nitrogen and oxygen atoms in total. The highest BCUT2D eigenvalue weighted by Crippen LogP contribution is 2.30. The van der Waals surface area contributed by atoms with Crippen LogP contribution in [0.2, 0.25) is 0 Å². The van der Waals surface area contributed by atoms with Crippen LogP contribution in [0.1, 0.15) is 59.3 Å². The van der Waals surface area contributed by atoms with Gasteiger partial charge in [0.2, 0.25) is 0 Å². The molecule has 2 heterocycles. The molecule has 2 aliphatic rings. The molecular weight excluding hydrogens is 332 g/mol. The van der Waals surface area contributed by atoms with Crippen molar-refractivity contribution in [1.29, 1.82) is 0 Å². The smallest absolute Gasteiger partial charge is 0.334 e. The van der Waals surface area contributed by atoms with E-state index < -0.39 is 17.5 Å². The molecular formula is C21H28O5. The summed E-state index contributed by atoms with van der Waals surface area (Å²) in [5.41, 5.74) is 1.08. The van der Waals surface area contributed by atoms with Gasteiger partial charge in [-0.05, 0) is 44.9 Å². The van der Waals surface area contributed by atoms with E-state index in [-0.39, 0.29) is 24.5 Å². The third-order valence-electron chi connectivity index (χ3n) is 5.17. The normalized spacial score (nSPS) is 29.0. The number of hydrogen-bond acceptors (Lipinski definition) is 5. The van der Waals surface area contributed by atoms with Crippen LogP contribution in [0.15, 0.2) is 34.9 Å². The first kappa shape index (κ1) is 20.1. The summed E-state index contributed by atoms with van der Waals surface area (Å²) in [6.07, 6.45) is 8.33. The minimum Gasteiger partial charge on any atom is -0.466 e. The van der Waals surface area contributed by atoms with Gasteiger partial charge in [-0.3, -0.25) is 4.79 Å². The molecule has 2 aliphatic heterocycles. The fraction of sp³-hybridized carbons (Fsp3) is 0.571. The van der Waals surface area contributed by atoms with Crippen LogP contribution >= 0.6 is 0 Å². The molecule has 26 heavy (non-hydrogen) atoms. The highest BCUT2D eigenvalue weighted by Gasteiger charge is 2.38. The molecule has 0 spiro atoms. The average Bonchev–Trinajstić information content (AvgIpc) is 2.74. The van der Waals surface area contributed by atoms with Crippen LogP contribution in [-0.2, 0) is 23.9 Å². The molecule has 0 aliphatic carbocycles. The van der Waals surface area contributed by atoms with Crippen LogP contribution in [0.5, 0.6) is 0 Å². The summed E-state index contributed by atoms with van der Waals surface area (Å²) in [7, 11) is 1.33. The Morgan fingerprint density at radius 2 is 1.88 bits per heavy atom. The number of ketones is 1. The maximum Gasteiger partial charge on any atom is 0.334 e. The number of fused-ring (bicyclic) bond motifs is 3. The van der Waals surface area contributed by atoms with Crippen LogP contribution in [-0.4, -0.2) is 30.4 Å². The van der Waals surface area contributed by atoms with E-state index in [0.29, 0.717) is 36.8 Å². The molecule has 2 rings (SSSR count). The van der Waals surface area contributed by atoms with E-state index in [0.717, 1.165) is 5.57 Å². The molecule has 0 saturated carbocycles. The second-order valence-corrected chi connectivity index (χ2v) is 7.39. The van der Waals surface area contributed by atoms with Gasteiger partial charge in [0.15, 0.2) is 11.4 Å². The van der Waals surface area contributed by atoms with Gasteiger partial charge in [0.1, 0.15) is 0 Å². The predicted molar refractivity (Wildman–Crippen MR) is 98.3 cm³/mol. The summed E-state index contributed by atoms with van der Waals surface area (Å²) in [6, 6.07) is 0. The monoisotopic (exact) mass is 360 g/mol. The van der Waals surface area contributed by atoms with E-state index in [9.17, 15) is 14.4 Å². The quantitative estimate of drug-likeness (QED) is 0.700. The van der Waals surface area contributed by atoms with Crippen molar-refractivity contribution < 1.29 is 23.9 Å². The number of methoxy groups -OCH3 is 1. The lowest BCUT2D eigenvalue weighted by atomic mass is 9.90. The molecule has 142 valence electrons. The van der Waals surface area contributed by atoms with Gasteiger partial charge in [-0.25, -0.2) is 9.59 Å². The van der Waals surface area contributed by atoms with Gasteiger partial charge < -0.3 is 9.47 Å². The number of carbonyl (C=O) groups is 3. The maximum atomic E-state index is 12.7. The maximum absolute atomic E-state index is 12.7. The first-order valence-electron chi connectivity index (χ1n) is 9.20. The lowest BCUT2D eigenvalue weighted by Crippen LogP contribution is -2.40. The van der Waals surface area contributed by atoms with Gasteiger partial charge in [-0.15, -0.1) is 0 Å². The van der Waals surface area contributed by atoms with Crippen molar-refractivity contribution in [2.75, 3.05) is 7.11 Å². The number of rotatable bonds is 2. The van der Waals surface area contributed by atoms with Crippen molar-refractivity contribution in [1.82, 2.24) is 0 Å². The van der Waals surface area contributed by atoms with Crippen LogP contribution in [0, 0.1) is 5.92 Å². The summed E-state index contributed by atoms with van der Waals surface area (Å²) in [4.78, 5) is 37.3. The van der Waals surface area contributed by atoms with Gasteiger partial charge in [-0.2, -0.15) is 0 Å². The molecule has 0 fully saturated rings. The van der Waals surface area contributed by atoms with Crippen LogP contribution in [0.25, 0.3) is 0 Å². The lowest BCUT2D eigenvalue weighted by Gasteiger charge is -2.26. The van der Waals surface area contributed by atoms with Crippen molar-refractivity contribution >= 4 is 17.7 Å². The minimum absolute atomic E-state index is 0.130. The van der Waals surface area contributed by atoms with E-state index in [1.54, 1.807) is 13.0 Å². The number of carbonyl (C=O) groups excluding carboxylic acids is 3. The Hall–Kier alpha value is -2.17. The fourth-order valence-electron chi connectivity index (χ4n) is 3.28. The van der Waals surface area contributed by atoms with Crippen LogP contribution < -0.4 is 0 Å². The molecule has 0 aromatic carbocycles. The molecule has 2 bridgehead atoms. The third kappa shape index (κ3) is 4.71. The van der Waals surface area contributed by atoms with Crippen molar-refractivity contribution in [2.45, 2.75) is 64.9 Å². The fourth-order valence-corrected chi connectivity index (χ4v) is 3.28. The van der Waals surface area contributed by atoms with E-state index in [1.807, 2.05) is 12.2 Å². The number of esters is 2. The predicted octanol–water partition coefficient (Wildman–Crippen LogP) is 3.83. The first-order chi connectivity index (χ1) is 12.3. The number of hydrogen-bond donors (Lipinski definition) is 0. The van der Waals surface area contributed by atoms with Gasteiger partial charge in [0.25, 0.3) is 0 Å².